The van der Waals surface area contributed by atoms with E-state index in [1.165, 1.54) is 10.6 Å². The van der Waals surface area contributed by atoms with Gasteiger partial charge in [-0.3, -0.25) is 0 Å². The Labute approximate surface area is 52.9 Å². The minimum atomic E-state index is 0.949. The van der Waals surface area contributed by atoms with Gasteiger partial charge < -0.3 is 10.3 Å². The van der Waals surface area contributed by atoms with Gasteiger partial charge in [0, 0.05) is 18.9 Å². The van der Waals surface area contributed by atoms with E-state index in [2.05, 4.69) is 22.4 Å². The van der Waals surface area contributed by atoms with Gasteiger partial charge in [0.15, 0.2) is 0 Å². The van der Waals surface area contributed by atoms with Gasteiger partial charge in [0.05, 0.1) is 5.35 Å². The molecule has 0 amide bonds. The van der Waals surface area contributed by atoms with Crippen molar-refractivity contribution < 1.29 is 0 Å². The van der Waals surface area contributed by atoms with E-state index in [1.807, 2.05) is 12.4 Å². The van der Waals surface area contributed by atoms with Crippen LogP contribution in [0.4, 0.5) is 0 Å². The Hall–Kier alpha value is -1.18. The van der Waals surface area contributed by atoms with Crippen molar-refractivity contribution in [2.75, 3.05) is 6.54 Å². The lowest BCUT2D eigenvalue weighted by molar-refractivity contribution is 1.04. The first-order chi connectivity index (χ1) is 4.47. The second-order valence-electron chi connectivity index (χ2n) is 2.10. The summed E-state index contributed by atoms with van der Waals surface area (Å²) in [5.41, 5.74) is 0. The lowest BCUT2D eigenvalue weighted by atomic mass is 10.3. The van der Waals surface area contributed by atoms with Gasteiger partial charge in [-0.05, 0) is 11.3 Å². The van der Waals surface area contributed by atoms with E-state index < -0.39 is 0 Å². The summed E-state index contributed by atoms with van der Waals surface area (Å²) in [6.07, 6.45) is 6.10. The van der Waals surface area contributed by atoms with E-state index in [0.29, 0.717) is 0 Å². The summed E-state index contributed by atoms with van der Waals surface area (Å²) in [4.78, 5) is 3.11. The Kier molecular flexibility index (Phi) is 0.859. The first-order valence-corrected chi connectivity index (χ1v) is 3.04. The zero-order valence-corrected chi connectivity index (χ0v) is 5.02. The molecule has 0 aromatic carbocycles. The highest BCUT2D eigenvalue weighted by Gasteiger charge is 1.88. The maximum absolute atomic E-state index is 3.12. The molecule has 2 heterocycles. The summed E-state index contributed by atoms with van der Waals surface area (Å²) in [5, 5.41) is 5.60. The maximum atomic E-state index is 3.12. The molecular weight excluding hydrogens is 112 g/mol. The summed E-state index contributed by atoms with van der Waals surface area (Å²) in [7, 11) is 0. The number of hydrogen-bond acceptors (Lipinski definition) is 1. The highest BCUT2D eigenvalue weighted by molar-refractivity contribution is 5.35. The van der Waals surface area contributed by atoms with Crippen molar-refractivity contribution in [2.24, 2.45) is 0 Å². The molecule has 0 radical (unpaired) electrons. The van der Waals surface area contributed by atoms with E-state index in [-0.39, 0.29) is 0 Å². The first-order valence-electron chi connectivity index (χ1n) is 3.04. The standard InChI is InChI=1S/C7H8N2/c1-3-8-5-7-6(1)2-4-9-7/h1-2,4-5,8-9H,3H2. The molecule has 1 aliphatic rings. The van der Waals surface area contributed by atoms with Crippen LogP contribution in [0.1, 0.15) is 0 Å². The van der Waals surface area contributed by atoms with Gasteiger partial charge in [-0.2, -0.15) is 0 Å². The third kappa shape index (κ3) is 0.633. The number of nitrogens with one attached hydrogen (secondary N) is 2. The van der Waals surface area contributed by atoms with E-state index in [0.717, 1.165) is 6.54 Å². The van der Waals surface area contributed by atoms with Crippen LogP contribution in [0.5, 0.6) is 0 Å². The van der Waals surface area contributed by atoms with Crippen molar-refractivity contribution >= 4 is 12.3 Å². The number of hydrogen-bond donors (Lipinski definition) is 2. The fraction of sp³-hybridized carbons (Fsp3) is 0.143. The highest BCUT2D eigenvalue weighted by atomic mass is 14.8. The van der Waals surface area contributed by atoms with Crippen molar-refractivity contribution in [3.8, 4) is 0 Å². The van der Waals surface area contributed by atoms with Crippen LogP contribution in [0.15, 0.2) is 12.3 Å². The molecule has 2 nitrogen and oxygen atoms in total. The minimum absolute atomic E-state index is 0.949. The highest BCUT2D eigenvalue weighted by Crippen LogP contribution is 1.70. The third-order valence-electron chi connectivity index (χ3n) is 1.50. The second kappa shape index (κ2) is 1.65. The van der Waals surface area contributed by atoms with E-state index in [4.69, 9.17) is 0 Å². The van der Waals surface area contributed by atoms with E-state index in [9.17, 15) is 0 Å². The second-order valence-corrected chi connectivity index (χ2v) is 2.10. The molecule has 0 saturated carbocycles. The monoisotopic (exact) mass is 120 g/mol. The Morgan fingerprint density at radius 2 is 2.44 bits per heavy atom. The van der Waals surface area contributed by atoms with Crippen molar-refractivity contribution in [1.29, 1.82) is 0 Å². The fourth-order valence-corrected chi connectivity index (χ4v) is 1.03. The molecular formula is C7H8N2. The third-order valence-corrected chi connectivity index (χ3v) is 1.50. The normalized spacial score (nSPS) is 14.7. The van der Waals surface area contributed by atoms with Crippen LogP contribution in [0.3, 0.4) is 0 Å². The fourth-order valence-electron chi connectivity index (χ4n) is 1.03. The Morgan fingerprint density at radius 3 is 3.33 bits per heavy atom. The first kappa shape index (κ1) is 4.68. The van der Waals surface area contributed by atoms with E-state index >= 15 is 0 Å². The predicted octanol–water partition coefficient (Wildman–Crippen LogP) is -0.864. The number of aromatic amines is 1. The molecule has 0 saturated heterocycles. The van der Waals surface area contributed by atoms with Gasteiger partial charge in [-0.1, -0.05) is 6.08 Å². The maximum Gasteiger partial charge on any atom is 0.0610 e. The minimum Gasteiger partial charge on any atom is -0.386 e. The molecule has 0 bridgehead atoms. The zero-order chi connectivity index (χ0) is 6.10. The summed E-state index contributed by atoms with van der Waals surface area (Å²) >= 11 is 0. The van der Waals surface area contributed by atoms with Crippen LogP contribution >= 0.6 is 0 Å². The molecule has 1 aliphatic heterocycles. The van der Waals surface area contributed by atoms with Crippen LogP contribution in [0, 0.1) is 0 Å². The van der Waals surface area contributed by atoms with Crippen LogP contribution in [0.2, 0.25) is 0 Å². The molecule has 1 aromatic heterocycles. The van der Waals surface area contributed by atoms with Gasteiger partial charge in [-0.15, -0.1) is 0 Å². The van der Waals surface area contributed by atoms with Crippen molar-refractivity contribution in [3.05, 3.63) is 22.8 Å². The SMILES string of the molecule is C1=c2cc[nH]c2=CNC1. The molecule has 2 N–H and O–H groups in total. The lowest BCUT2D eigenvalue weighted by Gasteiger charge is -1.96. The number of aromatic nitrogens is 1. The average molecular weight is 120 g/mol. The molecule has 0 atom stereocenters. The molecule has 46 valence electrons. The molecule has 1 aromatic rings. The number of fused-ring (bicyclic) bond motifs is 1. The van der Waals surface area contributed by atoms with Gasteiger partial charge in [0.1, 0.15) is 0 Å². The lowest BCUT2D eigenvalue weighted by Crippen LogP contribution is -2.31. The zero-order valence-electron chi connectivity index (χ0n) is 5.02. The van der Waals surface area contributed by atoms with Gasteiger partial charge in [0.2, 0.25) is 0 Å². The van der Waals surface area contributed by atoms with Gasteiger partial charge in [0.25, 0.3) is 0 Å². The van der Waals surface area contributed by atoms with Crippen LogP contribution in [-0.4, -0.2) is 11.5 Å². The largest absolute Gasteiger partial charge is 0.386 e. The topological polar surface area (TPSA) is 27.8 Å². The summed E-state index contributed by atoms with van der Waals surface area (Å²) < 4.78 is 0. The summed E-state index contributed by atoms with van der Waals surface area (Å²) in [6.45, 7) is 0.949. The number of rotatable bonds is 0. The smallest absolute Gasteiger partial charge is 0.0610 e. The Bertz CT molecular complexity index is 277. The molecule has 0 spiro atoms. The molecule has 2 rings (SSSR count). The Balaban J connectivity index is 2.89. The molecule has 2 heteroatoms. The quantitative estimate of drug-likeness (QED) is 0.458. The van der Waals surface area contributed by atoms with Crippen molar-refractivity contribution in [1.82, 2.24) is 10.3 Å². The van der Waals surface area contributed by atoms with Crippen molar-refractivity contribution in [3.63, 3.8) is 0 Å². The van der Waals surface area contributed by atoms with Gasteiger partial charge in [-0.25, -0.2) is 0 Å². The molecule has 0 unspecified atom stereocenters. The average Bonchev–Trinajstić information content (AvgIpc) is 2.33. The predicted molar refractivity (Wildman–Crippen MR) is 37.0 cm³/mol. The van der Waals surface area contributed by atoms with Gasteiger partial charge >= 0.3 is 0 Å². The van der Waals surface area contributed by atoms with Crippen LogP contribution in [0.25, 0.3) is 12.3 Å². The Morgan fingerprint density at radius 1 is 1.44 bits per heavy atom. The summed E-state index contributed by atoms with van der Waals surface area (Å²) in [5.74, 6) is 0. The van der Waals surface area contributed by atoms with E-state index in [1.54, 1.807) is 0 Å². The van der Waals surface area contributed by atoms with Crippen LogP contribution < -0.4 is 15.9 Å². The molecule has 9 heavy (non-hydrogen) atoms. The number of H-pyrrole nitrogens is 1. The molecule has 0 aliphatic carbocycles. The molecule has 0 fully saturated rings. The van der Waals surface area contributed by atoms with Crippen molar-refractivity contribution in [2.45, 2.75) is 0 Å². The summed E-state index contributed by atoms with van der Waals surface area (Å²) in [6, 6.07) is 2.08. The van der Waals surface area contributed by atoms with Crippen LogP contribution in [-0.2, 0) is 0 Å².